The molecule has 5 N–H and O–H groups in total. The molecule has 1 aliphatic carbocycles. The third kappa shape index (κ3) is 4.77. The van der Waals surface area contributed by atoms with Gasteiger partial charge in [0.2, 0.25) is 0 Å². The van der Waals surface area contributed by atoms with Gasteiger partial charge in [-0.25, -0.2) is 0 Å². The minimum Gasteiger partial charge on any atom is -0.386 e. The molecule has 0 spiro atoms. The van der Waals surface area contributed by atoms with Crippen molar-refractivity contribution >= 4 is 16.6 Å². The zero-order valence-corrected chi connectivity index (χ0v) is 22.4. The molecule has 2 aromatic carbocycles. The molecule has 6 nitrogen and oxygen atoms in total. The third-order valence-electron chi connectivity index (χ3n) is 7.82. The summed E-state index contributed by atoms with van der Waals surface area (Å²) in [6.07, 6.45) is 6.29. The Bertz CT molecular complexity index is 1430. The van der Waals surface area contributed by atoms with E-state index in [1.807, 2.05) is 46.1 Å². The minimum absolute atomic E-state index is 0.0367. The monoisotopic (exact) mass is 498 g/mol. The van der Waals surface area contributed by atoms with Crippen LogP contribution in [-0.4, -0.2) is 33.8 Å². The van der Waals surface area contributed by atoms with Crippen molar-refractivity contribution in [1.29, 1.82) is 0 Å². The van der Waals surface area contributed by atoms with Crippen LogP contribution in [0.5, 0.6) is 0 Å². The summed E-state index contributed by atoms with van der Waals surface area (Å²) in [7, 11) is 1.98. The predicted octanol–water partition coefficient (Wildman–Crippen LogP) is 5.22. The molecule has 5 rings (SSSR count). The van der Waals surface area contributed by atoms with E-state index in [9.17, 15) is 10.2 Å². The Morgan fingerprint density at radius 2 is 2.00 bits per heavy atom. The highest BCUT2D eigenvalue weighted by Crippen LogP contribution is 2.39. The molecule has 194 valence electrons. The normalized spacial score (nSPS) is 18.2. The number of aromatic nitrogens is 2. The Kier molecular flexibility index (Phi) is 6.61. The van der Waals surface area contributed by atoms with Crippen molar-refractivity contribution in [2.75, 3.05) is 18.9 Å². The Balaban J connectivity index is 1.32. The van der Waals surface area contributed by atoms with E-state index in [1.54, 1.807) is 0 Å². The van der Waals surface area contributed by atoms with Crippen molar-refractivity contribution in [1.82, 2.24) is 15.3 Å². The van der Waals surface area contributed by atoms with Crippen molar-refractivity contribution in [3.63, 3.8) is 0 Å². The van der Waals surface area contributed by atoms with Crippen LogP contribution in [0.4, 0.5) is 5.69 Å². The standard InChI is InChI=1S/C31H38N4O2/c1-19-17-20(27(32-5)23-13-16-34-29-24(23)11-14-31(29,4)37)9-10-26(19)33-15-12-21-18-35-28-22(21)7-6-8-25(28)30(2,3)36/h6-10,13,16-18,27,32-33,35-37H,11-12,14-15H2,1-5H3. The van der Waals surface area contributed by atoms with Crippen LogP contribution in [0.1, 0.15) is 72.3 Å². The van der Waals surface area contributed by atoms with Gasteiger partial charge in [-0.1, -0.05) is 30.3 Å². The van der Waals surface area contributed by atoms with Gasteiger partial charge in [0.25, 0.3) is 0 Å². The number of aryl methyl sites for hydroxylation is 1. The van der Waals surface area contributed by atoms with E-state index >= 15 is 0 Å². The largest absolute Gasteiger partial charge is 0.386 e. The molecule has 0 aliphatic heterocycles. The van der Waals surface area contributed by atoms with Crippen LogP contribution >= 0.6 is 0 Å². The first kappa shape index (κ1) is 25.5. The van der Waals surface area contributed by atoms with Crippen molar-refractivity contribution in [2.45, 2.75) is 64.2 Å². The number of hydrogen-bond acceptors (Lipinski definition) is 5. The van der Waals surface area contributed by atoms with Crippen LogP contribution < -0.4 is 10.6 Å². The molecule has 2 unspecified atom stereocenters. The summed E-state index contributed by atoms with van der Waals surface area (Å²) in [6.45, 7) is 8.45. The summed E-state index contributed by atoms with van der Waals surface area (Å²) in [5.41, 5.74) is 8.09. The van der Waals surface area contributed by atoms with Crippen LogP contribution in [0.3, 0.4) is 0 Å². The van der Waals surface area contributed by atoms with E-state index < -0.39 is 11.2 Å². The fourth-order valence-corrected chi connectivity index (χ4v) is 5.82. The number of H-pyrrole nitrogens is 1. The van der Waals surface area contributed by atoms with Gasteiger partial charge in [-0.2, -0.15) is 0 Å². The van der Waals surface area contributed by atoms with Gasteiger partial charge in [0.15, 0.2) is 0 Å². The maximum absolute atomic E-state index is 10.7. The first-order valence-corrected chi connectivity index (χ1v) is 13.1. The molecule has 0 bridgehead atoms. The number of para-hydroxylation sites is 1. The van der Waals surface area contributed by atoms with Crippen LogP contribution in [0, 0.1) is 6.92 Å². The molecule has 1 aliphatic rings. The van der Waals surface area contributed by atoms with Gasteiger partial charge in [-0.15, -0.1) is 0 Å². The number of nitrogens with one attached hydrogen (secondary N) is 3. The maximum atomic E-state index is 10.7. The average Bonchev–Trinajstić information content (AvgIpc) is 3.41. The molecular weight excluding hydrogens is 460 g/mol. The van der Waals surface area contributed by atoms with Crippen molar-refractivity contribution in [3.05, 3.63) is 93.9 Å². The van der Waals surface area contributed by atoms with Crippen LogP contribution in [0.25, 0.3) is 10.9 Å². The number of anilines is 1. The van der Waals surface area contributed by atoms with Crippen LogP contribution in [-0.2, 0) is 24.0 Å². The van der Waals surface area contributed by atoms with E-state index in [4.69, 9.17) is 0 Å². The molecule has 4 aromatic rings. The van der Waals surface area contributed by atoms with Crippen molar-refractivity contribution in [3.8, 4) is 0 Å². The highest BCUT2D eigenvalue weighted by molar-refractivity contribution is 5.86. The van der Waals surface area contributed by atoms with E-state index in [1.165, 1.54) is 22.3 Å². The van der Waals surface area contributed by atoms with Gasteiger partial charge < -0.3 is 25.8 Å². The summed E-state index contributed by atoms with van der Waals surface area (Å²) in [4.78, 5) is 7.88. The second-order valence-corrected chi connectivity index (χ2v) is 11.1. The van der Waals surface area contributed by atoms with Crippen molar-refractivity contribution in [2.24, 2.45) is 0 Å². The zero-order valence-electron chi connectivity index (χ0n) is 22.4. The van der Waals surface area contributed by atoms with Gasteiger partial charge in [0, 0.05) is 35.6 Å². The van der Waals surface area contributed by atoms with E-state index in [-0.39, 0.29) is 6.04 Å². The van der Waals surface area contributed by atoms with E-state index in [2.05, 4.69) is 64.1 Å². The number of hydrogen-bond donors (Lipinski definition) is 5. The summed E-state index contributed by atoms with van der Waals surface area (Å²) in [5.74, 6) is 0. The lowest BCUT2D eigenvalue weighted by molar-refractivity contribution is 0.0553. The Morgan fingerprint density at radius 3 is 2.73 bits per heavy atom. The molecule has 2 aromatic heterocycles. The highest BCUT2D eigenvalue weighted by Gasteiger charge is 2.36. The molecule has 0 radical (unpaired) electrons. The molecule has 2 heterocycles. The fraction of sp³-hybridized carbons (Fsp3) is 0.387. The number of pyridine rings is 1. The average molecular weight is 499 g/mol. The molecule has 37 heavy (non-hydrogen) atoms. The Labute approximate surface area is 219 Å². The van der Waals surface area contributed by atoms with Gasteiger partial charge in [0.1, 0.15) is 5.60 Å². The number of rotatable bonds is 8. The molecule has 0 saturated heterocycles. The first-order chi connectivity index (χ1) is 17.6. The van der Waals surface area contributed by atoms with Gasteiger partial charge in [-0.3, -0.25) is 4.98 Å². The maximum Gasteiger partial charge on any atom is 0.104 e. The van der Waals surface area contributed by atoms with Gasteiger partial charge >= 0.3 is 0 Å². The Morgan fingerprint density at radius 1 is 1.19 bits per heavy atom. The second kappa shape index (κ2) is 9.60. The summed E-state index contributed by atoms with van der Waals surface area (Å²) in [5, 5.41) is 29.5. The predicted molar refractivity (Wildman–Crippen MR) is 150 cm³/mol. The molecule has 0 fully saturated rings. The number of aliphatic hydroxyl groups is 2. The first-order valence-electron chi connectivity index (χ1n) is 13.1. The minimum atomic E-state index is -0.891. The molecule has 6 heteroatoms. The quantitative estimate of drug-likeness (QED) is 0.230. The smallest absolute Gasteiger partial charge is 0.104 e. The molecule has 2 atom stereocenters. The number of nitrogens with zero attached hydrogens (tertiary/aromatic N) is 1. The highest BCUT2D eigenvalue weighted by atomic mass is 16.3. The summed E-state index contributed by atoms with van der Waals surface area (Å²) in [6, 6.07) is 14.8. The second-order valence-electron chi connectivity index (χ2n) is 11.1. The number of fused-ring (bicyclic) bond motifs is 2. The SMILES string of the molecule is CNC(c1ccc(NCCc2c[nH]c3c(C(C)(C)O)cccc23)c(C)c1)c1ccnc2c1CCC2(C)O. The lowest BCUT2D eigenvalue weighted by Crippen LogP contribution is -2.21. The van der Waals surface area contributed by atoms with Crippen LogP contribution in [0.2, 0.25) is 0 Å². The number of aromatic amines is 1. The summed E-state index contributed by atoms with van der Waals surface area (Å²) >= 11 is 0. The Hall–Kier alpha value is -3.19. The third-order valence-corrected chi connectivity index (χ3v) is 7.82. The lowest BCUT2D eigenvalue weighted by atomic mass is 9.92. The lowest BCUT2D eigenvalue weighted by Gasteiger charge is -2.23. The number of benzene rings is 2. The van der Waals surface area contributed by atoms with Gasteiger partial charge in [0.05, 0.1) is 22.9 Å². The molecule has 0 saturated carbocycles. The van der Waals surface area contributed by atoms with Crippen molar-refractivity contribution < 1.29 is 10.2 Å². The zero-order chi connectivity index (χ0) is 26.4. The molecular formula is C31H38N4O2. The van der Waals surface area contributed by atoms with E-state index in [0.717, 1.165) is 52.8 Å². The van der Waals surface area contributed by atoms with Gasteiger partial charge in [-0.05, 0) is 94.0 Å². The molecule has 0 amide bonds. The van der Waals surface area contributed by atoms with Crippen LogP contribution in [0.15, 0.2) is 54.9 Å². The topological polar surface area (TPSA) is 93.2 Å². The fourth-order valence-electron chi connectivity index (χ4n) is 5.82. The van der Waals surface area contributed by atoms with E-state index in [0.29, 0.717) is 6.42 Å². The summed E-state index contributed by atoms with van der Waals surface area (Å²) < 4.78 is 0.